The summed E-state index contributed by atoms with van der Waals surface area (Å²) in [7, 11) is 0. The monoisotopic (exact) mass is 286 g/mol. The number of ether oxygens (including phenoxy) is 1. The Morgan fingerprint density at radius 3 is 3.14 bits per heavy atom. The van der Waals surface area contributed by atoms with E-state index in [1.807, 2.05) is 0 Å². The number of aromatic nitrogens is 1. The Morgan fingerprint density at radius 2 is 2.24 bits per heavy atom. The van der Waals surface area contributed by atoms with Crippen molar-refractivity contribution < 1.29 is 4.74 Å². The van der Waals surface area contributed by atoms with Crippen molar-refractivity contribution in [3.63, 3.8) is 0 Å². The van der Waals surface area contributed by atoms with Gasteiger partial charge in [0.25, 0.3) is 0 Å². The summed E-state index contributed by atoms with van der Waals surface area (Å²) >= 11 is 0. The van der Waals surface area contributed by atoms with Crippen LogP contribution >= 0.6 is 0 Å². The van der Waals surface area contributed by atoms with E-state index >= 15 is 0 Å². The van der Waals surface area contributed by atoms with Gasteiger partial charge in [0.15, 0.2) is 0 Å². The molecule has 2 aromatic rings. The normalized spacial score (nSPS) is 22.7. The predicted octanol–water partition coefficient (Wildman–Crippen LogP) is 3.65. The topological polar surface area (TPSA) is 37.0 Å². The van der Waals surface area contributed by atoms with Crippen LogP contribution in [-0.2, 0) is 11.2 Å². The van der Waals surface area contributed by atoms with Crippen LogP contribution in [0.1, 0.15) is 38.2 Å². The second-order valence-corrected chi connectivity index (χ2v) is 6.07. The Bertz CT molecular complexity index is 561. The van der Waals surface area contributed by atoms with Crippen LogP contribution in [0, 0.1) is 0 Å². The molecule has 0 saturated carbocycles. The number of rotatable bonds is 6. The molecular formula is C18H26N2O. The third-order valence-electron chi connectivity index (χ3n) is 4.48. The Balaban J connectivity index is 1.49. The smallest absolute Gasteiger partial charge is 0.0589 e. The van der Waals surface area contributed by atoms with Crippen molar-refractivity contribution in [1.82, 2.24) is 10.3 Å². The zero-order valence-corrected chi connectivity index (χ0v) is 12.9. The van der Waals surface area contributed by atoms with Crippen molar-refractivity contribution in [2.24, 2.45) is 0 Å². The lowest BCUT2D eigenvalue weighted by Gasteiger charge is -2.30. The van der Waals surface area contributed by atoms with Crippen molar-refractivity contribution >= 4 is 10.9 Å². The Morgan fingerprint density at radius 1 is 1.33 bits per heavy atom. The van der Waals surface area contributed by atoms with Crippen molar-refractivity contribution in [2.45, 2.75) is 51.2 Å². The van der Waals surface area contributed by atoms with Crippen molar-refractivity contribution in [3.8, 4) is 0 Å². The molecular weight excluding hydrogens is 260 g/mol. The van der Waals surface area contributed by atoms with E-state index < -0.39 is 0 Å². The molecule has 1 aromatic carbocycles. The lowest BCUT2D eigenvalue weighted by Crippen LogP contribution is -2.39. The number of hydrogen-bond donors (Lipinski definition) is 2. The molecule has 1 saturated heterocycles. The maximum Gasteiger partial charge on any atom is 0.0589 e. The molecule has 3 nitrogen and oxygen atoms in total. The van der Waals surface area contributed by atoms with Crippen LogP contribution in [0.3, 0.4) is 0 Å². The molecule has 114 valence electrons. The Labute approximate surface area is 127 Å². The van der Waals surface area contributed by atoms with Gasteiger partial charge in [0.1, 0.15) is 0 Å². The first-order valence-electron chi connectivity index (χ1n) is 8.26. The molecule has 1 aliphatic rings. The molecule has 2 unspecified atom stereocenters. The summed E-state index contributed by atoms with van der Waals surface area (Å²) in [5.74, 6) is 0. The van der Waals surface area contributed by atoms with E-state index in [2.05, 4.69) is 47.7 Å². The summed E-state index contributed by atoms with van der Waals surface area (Å²) in [6, 6.07) is 9.16. The molecule has 0 amide bonds. The lowest BCUT2D eigenvalue weighted by atomic mass is 10.00. The molecule has 2 atom stereocenters. The Hall–Kier alpha value is -1.32. The van der Waals surface area contributed by atoms with Gasteiger partial charge < -0.3 is 15.0 Å². The van der Waals surface area contributed by atoms with E-state index in [-0.39, 0.29) is 0 Å². The summed E-state index contributed by atoms with van der Waals surface area (Å²) in [6.07, 6.45) is 8.42. The number of para-hydroxylation sites is 1. The van der Waals surface area contributed by atoms with Gasteiger partial charge in [0.05, 0.1) is 6.10 Å². The third kappa shape index (κ3) is 3.66. The van der Waals surface area contributed by atoms with Crippen LogP contribution in [0.5, 0.6) is 0 Å². The maximum absolute atomic E-state index is 5.81. The quantitative estimate of drug-likeness (QED) is 0.850. The Kier molecular flexibility index (Phi) is 4.94. The minimum Gasteiger partial charge on any atom is -0.378 e. The van der Waals surface area contributed by atoms with E-state index in [9.17, 15) is 0 Å². The molecule has 2 N–H and O–H groups in total. The molecule has 2 heterocycles. The number of fused-ring (bicyclic) bond motifs is 1. The minimum atomic E-state index is 0.467. The summed E-state index contributed by atoms with van der Waals surface area (Å²) in [5.41, 5.74) is 2.65. The van der Waals surface area contributed by atoms with E-state index in [4.69, 9.17) is 4.74 Å². The maximum atomic E-state index is 5.81. The number of aromatic amines is 1. The molecule has 1 fully saturated rings. The van der Waals surface area contributed by atoms with E-state index in [1.165, 1.54) is 35.7 Å². The highest BCUT2D eigenvalue weighted by Crippen LogP contribution is 2.19. The highest BCUT2D eigenvalue weighted by atomic mass is 16.5. The van der Waals surface area contributed by atoms with Gasteiger partial charge in [0.2, 0.25) is 0 Å². The number of H-pyrrole nitrogens is 1. The van der Waals surface area contributed by atoms with Gasteiger partial charge in [0, 0.05) is 29.7 Å². The second-order valence-electron chi connectivity index (χ2n) is 6.07. The number of nitrogens with one attached hydrogen (secondary N) is 2. The summed E-state index contributed by atoms with van der Waals surface area (Å²) < 4.78 is 5.81. The van der Waals surface area contributed by atoms with E-state index in [0.29, 0.717) is 12.1 Å². The zero-order valence-electron chi connectivity index (χ0n) is 12.9. The molecule has 1 aromatic heterocycles. The van der Waals surface area contributed by atoms with Gasteiger partial charge in [-0.05, 0) is 43.9 Å². The number of benzene rings is 1. The molecule has 3 rings (SSSR count). The molecule has 21 heavy (non-hydrogen) atoms. The highest BCUT2D eigenvalue weighted by Gasteiger charge is 2.21. The van der Waals surface area contributed by atoms with Crippen LogP contribution in [0.2, 0.25) is 0 Å². The number of hydrogen-bond acceptors (Lipinski definition) is 2. The predicted molar refractivity (Wildman–Crippen MR) is 87.7 cm³/mol. The standard InChI is InChI=1S/C18H26N2O/c1-2-5-16-12-15(9-11-21-16)19-10-8-14-13-20-18-7-4-3-6-17(14)18/h3-4,6-7,13,15-16,19-20H,2,5,8-12H2,1H3. The van der Waals surface area contributed by atoms with Crippen LogP contribution in [-0.4, -0.2) is 30.3 Å². The molecule has 0 spiro atoms. The summed E-state index contributed by atoms with van der Waals surface area (Å²) in [5, 5.41) is 5.08. The third-order valence-corrected chi connectivity index (χ3v) is 4.48. The zero-order chi connectivity index (χ0) is 14.5. The van der Waals surface area contributed by atoms with Crippen LogP contribution in [0.15, 0.2) is 30.5 Å². The van der Waals surface area contributed by atoms with Crippen LogP contribution in [0.25, 0.3) is 10.9 Å². The lowest BCUT2D eigenvalue weighted by molar-refractivity contribution is -0.00299. The minimum absolute atomic E-state index is 0.467. The summed E-state index contributed by atoms with van der Waals surface area (Å²) in [4.78, 5) is 3.35. The fourth-order valence-electron chi connectivity index (χ4n) is 3.34. The average molecular weight is 286 g/mol. The molecule has 0 aliphatic carbocycles. The van der Waals surface area contributed by atoms with Crippen molar-refractivity contribution in [1.29, 1.82) is 0 Å². The first-order chi connectivity index (χ1) is 10.4. The molecule has 0 radical (unpaired) electrons. The van der Waals surface area contributed by atoms with Gasteiger partial charge in [-0.15, -0.1) is 0 Å². The van der Waals surface area contributed by atoms with E-state index in [0.717, 1.165) is 26.0 Å². The fraction of sp³-hybridized carbons (Fsp3) is 0.556. The van der Waals surface area contributed by atoms with Crippen LogP contribution < -0.4 is 5.32 Å². The summed E-state index contributed by atoms with van der Waals surface area (Å²) in [6.45, 7) is 4.19. The second kappa shape index (κ2) is 7.10. The van der Waals surface area contributed by atoms with Gasteiger partial charge in [-0.2, -0.15) is 0 Å². The first kappa shape index (κ1) is 14.6. The fourth-order valence-corrected chi connectivity index (χ4v) is 3.34. The van der Waals surface area contributed by atoms with E-state index in [1.54, 1.807) is 0 Å². The first-order valence-corrected chi connectivity index (χ1v) is 8.26. The van der Waals surface area contributed by atoms with Gasteiger partial charge in [-0.3, -0.25) is 0 Å². The molecule has 1 aliphatic heterocycles. The largest absolute Gasteiger partial charge is 0.378 e. The van der Waals surface area contributed by atoms with Gasteiger partial charge >= 0.3 is 0 Å². The van der Waals surface area contributed by atoms with Gasteiger partial charge in [-0.1, -0.05) is 31.5 Å². The molecule has 0 bridgehead atoms. The SMILES string of the molecule is CCCC1CC(NCCc2c[nH]c3ccccc23)CCO1. The van der Waals surface area contributed by atoms with Crippen molar-refractivity contribution in [3.05, 3.63) is 36.0 Å². The van der Waals surface area contributed by atoms with Crippen LogP contribution in [0.4, 0.5) is 0 Å². The van der Waals surface area contributed by atoms with Gasteiger partial charge in [-0.25, -0.2) is 0 Å². The van der Waals surface area contributed by atoms with Crippen molar-refractivity contribution in [2.75, 3.05) is 13.2 Å². The average Bonchev–Trinajstić information content (AvgIpc) is 2.92. The molecule has 3 heteroatoms. The highest BCUT2D eigenvalue weighted by molar-refractivity contribution is 5.83.